The van der Waals surface area contributed by atoms with Gasteiger partial charge in [0.2, 0.25) is 0 Å². The van der Waals surface area contributed by atoms with Crippen LogP contribution in [0.2, 0.25) is 0 Å². The molecule has 5 nitrogen and oxygen atoms in total. The fraction of sp³-hybridized carbons (Fsp3) is 0.556. The average Bonchev–Trinajstić information content (AvgIpc) is 2.63. The highest BCUT2D eigenvalue weighted by Gasteiger charge is 2.05. The number of nitrogens with zero attached hydrogens (tertiary/aromatic N) is 2. The number of rotatable bonds is 6. The van der Waals surface area contributed by atoms with Crippen molar-refractivity contribution in [2.24, 2.45) is 5.73 Å². The number of nitrogens with two attached hydrogens (primary N) is 1. The predicted molar refractivity (Wildman–Crippen MR) is 51.7 cm³/mol. The minimum atomic E-state index is -0.792. The van der Waals surface area contributed by atoms with Gasteiger partial charge in [-0.25, -0.2) is 0 Å². The topological polar surface area (TPSA) is 81.1 Å². The van der Waals surface area contributed by atoms with E-state index in [0.717, 1.165) is 13.0 Å². The summed E-state index contributed by atoms with van der Waals surface area (Å²) < 4.78 is 1.79. The Morgan fingerprint density at radius 1 is 1.57 bits per heavy atom. The highest BCUT2D eigenvalue weighted by atomic mass is 16.4. The van der Waals surface area contributed by atoms with E-state index in [1.165, 1.54) is 0 Å². The molecule has 1 unspecified atom stereocenters. The van der Waals surface area contributed by atoms with Crippen LogP contribution in [0.15, 0.2) is 18.5 Å². The van der Waals surface area contributed by atoms with Crippen LogP contribution in [0.25, 0.3) is 0 Å². The number of carboxylic acid groups (broad SMARTS) is 1. The lowest BCUT2D eigenvalue weighted by atomic mass is 10.1. The van der Waals surface area contributed by atoms with Crippen molar-refractivity contribution in [3.8, 4) is 0 Å². The number of hydrogen-bond donors (Lipinski definition) is 2. The molecule has 1 rings (SSSR count). The summed E-state index contributed by atoms with van der Waals surface area (Å²) in [6.45, 7) is 0.744. The van der Waals surface area contributed by atoms with Crippen molar-refractivity contribution in [2.75, 3.05) is 0 Å². The average molecular weight is 197 g/mol. The lowest BCUT2D eigenvalue weighted by molar-refractivity contribution is -0.137. The van der Waals surface area contributed by atoms with Gasteiger partial charge in [-0.2, -0.15) is 5.10 Å². The standard InChI is InChI=1S/C9H15N3O2/c10-8(2-3-9(13)14)4-7-12-6-1-5-11-12/h1,5-6,8H,2-4,7,10H2,(H,13,14). The van der Waals surface area contributed by atoms with Crippen molar-refractivity contribution in [2.45, 2.75) is 31.8 Å². The van der Waals surface area contributed by atoms with Crippen LogP contribution in [-0.4, -0.2) is 26.9 Å². The quantitative estimate of drug-likeness (QED) is 0.694. The molecule has 0 amide bonds. The summed E-state index contributed by atoms with van der Waals surface area (Å²) in [6, 6.07) is 1.79. The largest absolute Gasteiger partial charge is 0.481 e. The summed E-state index contributed by atoms with van der Waals surface area (Å²) in [6.07, 6.45) is 5.00. The summed E-state index contributed by atoms with van der Waals surface area (Å²) in [5, 5.41) is 12.5. The smallest absolute Gasteiger partial charge is 0.303 e. The predicted octanol–water partition coefficient (Wildman–Crippen LogP) is 0.465. The van der Waals surface area contributed by atoms with E-state index in [9.17, 15) is 4.79 Å². The number of aromatic nitrogens is 2. The van der Waals surface area contributed by atoms with Gasteiger partial charge in [0.25, 0.3) is 0 Å². The Balaban J connectivity index is 2.15. The van der Waals surface area contributed by atoms with Gasteiger partial charge in [-0.15, -0.1) is 0 Å². The molecule has 0 bridgehead atoms. The number of hydrogen-bond acceptors (Lipinski definition) is 3. The summed E-state index contributed by atoms with van der Waals surface area (Å²) in [4.78, 5) is 10.3. The summed E-state index contributed by atoms with van der Waals surface area (Å²) >= 11 is 0. The van der Waals surface area contributed by atoms with Crippen LogP contribution in [-0.2, 0) is 11.3 Å². The van der Waals surface area contributed by atoms with Crippen molar-refractivity contribution >= 4 is 5.97 Å². The second-order valence-electron chi connectivity index (χ2n) is 3.25. The molecule has 0 aliphatic heterocycles. The normalized spacial score (nSPS) is 12.6. The molecule has 0 spiro atoms. The van der Waals surface area contributed by atoms with Gasteiger partial charge in [-0.05, 0) is 18.9 Å². The third kappa shape index (κ3) is 4.04. The van der Waals surface area contributed by atoms with E-state index in [1.807, 2.05) is 12.3 Å². The van der Waals surface area contributed by atoms with Gasteiger partial charge in [0.1, 0.15) is 0 Å². The first-order valence-corrected chi connectivity index (χ1v) is 4.63. The van der Waals surface area contributed by atoms with E-state index in [4.69, 9.17) is 10.8 Å². The van der Waals surface area contributed by atoms with Gasteiger partial charge in [-0.3, -0.25) is 9.48 Å². The van der Waals surface area contributed by atoms with Crippen LogP contribution >= 0.6 is 0 Å². The number of aryl methyl sites for hydroxylation is 1. The maximum absolute atomic E-state index is 10.3. The van der Waals surface area contributed by atoms with Crippen LogP contribution in [0.4, 0.5) is 0 Å². The Labute approximate surface area is 82.5 Å². The zero-order chi connectivity index (χ0) is 10.4. The van der Waals surface area contributed by atoms with Crippen LogP contribution in [0.3, 0.4) is 0 Å². The van der Waals surface area contributed by atoms with Gasteiger partial charge in [0, 0.05) is 31.4 Å². The lowest BCUT2D eigenvalue weighted by Crippen LogP contribution is -2.23. The second-order valence-corrected chi connectivity index (χ2v) is 3.25. The molecule has 1 aromatic heterocycles. The SMILES string of the molecule is NC(CCC(=O)O)CCn1cccn1. The van der Waals surface area contributed by atoms with Crippen LogP contribution in [0.1, 0.15) is 19.3 Å². The zero-order valence-electron chi connectivity index (χ0n) is 7.97. The molecule has 1 heterocycles. The zero-order valence-corrected chi connectivity index (χ0v) is 7.97. The van der Waals surface area contributed by atoms with Crippen molar-refractivity contribution in [3.63, 3.8) is 0 Å². The first-order valence-electron chi connectivity index (χ1n) is 4.63. The molecule has 1 aromatic rings. The molecular weight excluding hydrogens is 182 g/mol. The minimum absolute atomic E-state index is 0.0599. The maximum atomic E-state index is 10.3. The summed E-state index contributed by atoms with van der Waals surface area (Å²) in [5.74, 6) is -0.792. The molecule has 3 N–H and O–H groups in total. The van der Waals surface area contributed by atoms with E-state index < -0.39 is 5.97 Å². The van der Waals surface area contributed by atoms with Crippen LogP contribution in [0, 0.1) is 0 Å². The van der Waals surface area contributed by atoms with Crippen molar-refractivity contribution < 1.29 is 9.90 Å². The molecule has 1 atom stereocenters. The lowest BCUT2D eigenvalue weighted by Gasteiger charge is -2.09. The Bertz CT molecular complexity index is 272. The van der Waals surface area contributed by atoms with Gasteiger partial charge in [-0.1, -0.05) is 0 Å². The molecule has 0 aliphatic carbocycles. The molecule has 0 fully saturated rings. The number of carboxylic acids is 1. The molecular formula is C9H15N3O2. The van der Waals surface area contributed by atoms with E-state index in [1.54, 1.807) is 10.9 Å². The summed E-state index contributed by atoms with van der Waals surface area (Å²) in [5.41, 5.74) is 5.73. The van der Waals surface area contributed by atoms with Gasteiger partial charge in [0.05, 0.1) is 0 Å². The Hall–Kier alpha value is -1.36. The highest BCUT2D eigenvalue weighted by Crippen LogP contribution is 2.01. The monoisotopic (exact) mass is 197 g/mol. The number of aliphatic carboxylic acids is 1. The van der Waals surface area contributed by atoms with Gasteiger partial charge < -0.3 is 10.8 Å². The molecule has 78 valence electrons. The molecule has 14 heavy (non-hydrogen) atoms. The highest BCUT2D eigenvalue weighted by molar-refractivity contribution is 5.66. The second kappa shape index (κ2) is 5.39. The van der Waals surface area contributed by atoms with E-state index in [-0.39, 0.29) is 12.5 Å². The van der Waals surface area contributed by atoms with Gasteiger partial charge in [0.15, 0.2) is 0 Å². The first kappa shape index (κ1) is 10.7. The fourth-order valence-corrected chi connectivity index (χ4v) is 1.18. The molecule has 0 aromatic carbocycles. The summed E-state index contributed by atoms with van der Waals surface area (Å²) in [7, 11) is 0. The van der Waals surface area contributed by atoms with Crippen molar-refractivity contribution in [1.29, 1.82) is 0 Å². The van der Waals surface area contributed by atoms with E-state index >= 15 is 0 Å². The number of carbonyl (C=O) groups is 1. The van der Waals surface area contributed by atoms with Crippen LogP contribution < -0.4 is 5.73 Å². The van der Waals surface area contributed by atoms with E-state index in [0.29, 0.717) is 6.42 Å². The van der Waals surface area contributed by atoms with E-state index in [2.05, 4.69) is 5.10 Å². The van der Waals surface area contributed by atoms with Crippen LogP contribution in [0.5, 0.6) is 0 Å². The van der Waals surface area contributed by atoms with Crippen molar-refractivity contribution in [3.05, 3.63) is 18.5 Å². The third-order valence-corrected chi connectivity index (χ3v) is 2.02. The molecule has 0 saturated carbocycles. The Morgan fingerprint density at radius 3 is 2.93 bits per heavy atom. The molecule has 0 aliphatic rings. The molecule has 0 saturated heterocycles. The molecule has 0 radical (unpaired) electrons. The Morgan fingerprint density at radius 2 is 2.36 bits per heavy atom. The third-order valence-electron chi connectivity index (χ3n) is 2.02. The first-order chi connectivity index (χ1) is 6.68. The van der Waals surface area contributed by atoms with Gasteiger partial charge >= 0.3 is 5.97 Å². The van der Waals surface area contributed by atoms with Crippen molar-refractivity contribution in [1.82, 2.24) is 9.78 Å². The maximum Gasteiger partial charge on any atom is 0.303 e. The minimum Gasteiger partial charge on any atom is -0.481 e. The Kier molecular flexibility index (Phi) is 4.12. The molecule has 5 heteroatoms. The fourth-order valence-electron chi connectivity index (χ4n) is 1.18.